The summed E-state index contributed by atoms with van der Waals surface area (Å²) in [6, 6.07) is 5.40. The van der Waals surface area contributed by atoms with E-state index in [2.05, 4.69) is 15.9 Å². The molecular weight excluding hydrogens is 298 g/mol. The maximum atomic E-state index is 12.2. The van der Waals surface area contributed by atoms with Crippen LogP contribution in [0, 0.1) is 12.8 Å². The van der Waals surface area contributed by atoms with Gasteiger partial charge in [-0.05, 0) is 24.6 Å². The summed E-state index contributed by atoms with van der Waals surface area (Å²) >= 11 is 3.37. The molecule has 0 radical (unpaired) electrons. The van der Waals surface area contributed by atoms with Crippen LogP contribution in [0.1, 0.15) is 22.8 Å². The SMILES string of the molecule is Cc1c(Br)cccc1C(=O)N(C)C[C@H](C)C(=O)O. The molecule has 0 spiro atoms. The largest absolute Gasteiger partial charge is 0.481 e. The first-order chi connectivity index (χ1) is 8.34. The molecule has 0 unspecified atom stereocenters. The standard InChI is InChI=1S/C13H16BrNO3/c1-8(13(17)18)7-15(3)12(16)10-5-4-6-11(14)9(10)2/h4-6,8H,7H2,1-3H3,(H,17,18)/t8-/m0/s1. The topological polar surface area (TPSA) is 57.6 Å². The first-order valence-electron chi connectivity index (χ1n) is 5.58. The lowest BCUT2D eigenvalue weighted by atomic mass is 10.1. The molecule has 0 heterocycles. The summed E-state index contributed by atoms with van der Waals surface area (Å²) in [7, 11) is 1.61. The zero-order chi connectivity index (χ0) is 13.9. The van der Waals surface area contributed by atoms with Crippen molar-refractivity contribution in [3.63, 3.8) is 0 Å². The second kappa shape index (κ2) is 6.00. The average Bonchev–Trinajstić information content (AvgIpc) is 2.31. The van der Waals surface area contributed by atoms with Crippen molar-refractivity contribution in [2.75, 3.05) is 13.6 Å². The van der Waals surface area contributed by atoms with Gasteiger partial charge >= 0.3 is 5.97 Å². The average molecular weight is 314 g/mol. The predicted octanol–water partition coefficient (Wildman–Crippen LogP) is 2.55. The van der Waals surface area contributed by atoms with Crippen molar-refractivity contribution < 1.29 is 14.7 Å². The molecule has 0 saturated heterocycles. The second-order valence-electron chi connectivity index (χ2n) is 4.34. The van der Waals surface area contributed by atoms with Gasteiger partial charge in [-0.15, -0.1) is 0 Å². The number of aliphatic carboxylic acids is 1. The fourth-order valence-corrected chi connectivity index (χ4v) is 1.98. The van der Waals surface area contributed by atoms with Gasteiger partial charge in [-0.1, -0.05) is 28.9 Å². The molecule has 1 aromatic rings. The van der Waals surface area contributed by atoms with Gasteiger partial charge in [0.25, 0.3) is 5.91 Å². The van der Waals surface area contributed by atoms with Crippen molar-refractivity contribution >= 4 is 27.8 Å². The highest BCUT2D eigenvalue weighted by molar-refractivity contribution is 9.10. The van der Waals surface area contributed by atoms with Crippen LogP contribution in [0.2, 0.25) is 0 Å². The molecule has 1 atom stereocenters. The van der Waals surface area contributed by atoms with E-state index in [4.69, 9.17) is 5.11 Å². The Morgan fingerprint density at radius 2 is 2.06 bits per heavy atom. The Morgan fingerprint density at radius 3 is 2.61 bits per heavy atom. The highest BCUT2D eigenvalue weighted by Crippen LogP contribution is 2.20. The smallest absolute Gasteiger partial charge is 0.308 e. The molecule has 4 nitrogen and oxygen atoms in total. The summed E-state index contributed by atoms with van der Waals surface area (Å²) in [5.41, 5.74) is 1.45. The fourth-order valence-electron chi connectivity index (χ4n) is 1.62. The van der Waals surface area contributed by atoms with Crippen molar-refractivity contribution in [2.45, 2.75) is 13.8 Å². The van der Waals surface area contributed by atoms with Crippen molar-refractivity contribution in [2.24, 2.45) is 5.92 Å². The number of carbonyl (C=O) groups is 2. The van der Waals surface area contributed by atoms with Crippen LogP contribution >= 0.6 is 15.9 Å². The van der Waals surface area contributed by atoms with Crippen LogP contribution in [0.15, 0.2) is 22.7 Å². The number of halogens is 1. The number of hydrogen-bond acceptors (Lipinski definition) is 2. The molecule has 0 aliphatic carbocycles. The quantitative estimate of drug-likeness (QED) is 0.929. The lowest BCUT2D eigenvalue weighted by Crippen LogP contribution is -2.34. The number of rotatable bonds is 4. The summed E-state index contributed by atoms with van der Waals surface area (Å²) in [6.07, 6.45) is 0. The highest BCUT2D eigenvalue weighted by Gasteiger charge is 2.20. The molecule has 0 bridgehead atoms. The van der Waals surface area contributed by atoms with Gasteiger partial charge in [0.2, 0.25) is 0 Å². The molecule has 0 aromatic heterocycles. The Balaban J connectivity index is 2.87. The van der Waals surface area contributed by atoms with Gasteiger partial charge in [0.1, 0.15) is 0 Å². The third-order valence-electron chi connectivity index (χ3n) is 2.81. The summed E-state index contributed by atoms with van der Waals surface area (Å²) in [6.45, 7) is 3.63. The number of nitrogens with zero attached hydrogens (tertiary/aromatic N) is 1. The Kier molecular flexibility index (Phi) is 4.90. The van der Waals surface area contributed by atoms with Crippen LogP contribution in [0.5, 0.6) is 0 Å². The number of carboxylic acid groups (broad SMARTS) is 1. The van der Waals surface area contributed by atoms with Gasteiger partial charge < -0.3 is 10.0 Å². The molecule has 5 heteroatoms. The number of carboxylic acids is 1. The molecule has 0 fully saturated rings. The Bertz CT molecular complexity index is 473. The van der Waals surface area contributed by atoms with Crippen molar-refractivity contribution in [1.29, 1.82) is 0 Å². The van der Waals surface area contributed by atoms with Crippen molar-refractivity contribution in [3.05, 3.63) is 33.8 Å². The van der Waals surface area contributed by atoms with Gasteiger partial charge in [0, 0.05) is 23.6 Å². The van der Waals surface area contributed by atoms with Gasteiger partial charge in [-0.25, -0.2) is 0 Å². The van der Waals surface area contributed by atoms with Crippen molar-refractivity contribution in [1.82, 2.24) is 4.90 Å². The molecule has 18 heavy (non-hydrogen) atoms. The molecule has 1 amide bonds. The van der Waals surface area contributed by atoms with Crippen LogP contribution in [-0.4, -0.2) is 35.5 Å². The highest BCUT2D eigenvalue weighted by atomic mass is 79.9. The van der Waals surface area contributed by atoms with E-state index >= 15 is 0 Å². The number of benzene rings is 1. The molecule has 98 valence electrons. The van der Waals surface area contributed by atoms with Crippen LogP contribution < -0.4 is 0 Å². The lowest BCUT2D eigenvalue weighted by Gasteiger charge is -2.20. The van der Waals surface area contributed by atoms with Gasteiger partial charge in [0.15, 0.2) is 0 Å². The minimum Gasteiger partial charge on any atom is -0.481 e. The zero-order valence-corrected chi connectivity index (χ0v) is 12.2. The maximum absolute atomic E-state index is 12.2. The molecular formula is C13H16BrNO3. The molecule has 0 aliphatic heterocycles. The van der Waals surface area contributed by atoms with Gasteiger partial charge in [-0.2, -0.15) is 0 Å². The molecule has 1 aromatic carbocycles. The number of carbonyl (C=O) groups excluding carboxylic acids is 1. The number of hydrogen-bond donors (Lipinski definition) is 1. The molecule has 1 rings (SSSR count). The van der Waals surface area contributed by atoms with Crippen LogP contribution in [-0.2, 0) is 4.79 Å². The third-order valence-corrected chi connectivity index (χ3v) is 3.67. The van der Waals surface area contributed by atoms with Gasteiger partial charge in [-0.3, -0.25) is 9.59 Å². The minimum absolute atomic E-state index is 0.165. The van der Waals surface area contributed by atoms with E-state index in [0.29, 0.717) is 5.56 Å². The maximum Gasteiger partial charge on any atom is 0.308 e. The summed E-state index contributed by atoms with van der Waals surface area (Å²) in [5.74, 6) is -1.64. The van der Waals surface area contributed by atoms with Crippen molar-refractivity contribution in [3.8, 4) is 0 Å². The lowest BCUT2D eigenvalue weighted by molar-refractivity contribution is -0.141. The number of amides is 1. The van der Waals surface area contributed by atoms with E-state index in [1.807, 2.05) is 13.0 Å². The summed E-state index contributed by atoms with van der Waals surface area (Å²) < 4.78 is 0.869. The Labute approximate surface area is 115 Å². The van der Waals surface area contributed by atoms with E-state index in [-0.39, 0.29) is 12.5 Å². The third kappa shape index (κ3) is 3.32. The predicted molar refractivity (Wildman–Crippen MR) is 72.6 cm³/mol. The van der Waals surface area contributed by atoms with E-state index in [1.165, 1.54) is 4.90 Å². The normalized spacial score (nSPS) is 12.0. The van der Waals surface area contributed by atoms with E-state index in [0.717, 1.165) is 10.0 Å². The molecule has 0 aliphatic rings. The summed E-state index contributed by atoms with van der Waals surface area (Å²) in [4.78, 5) is 24.4. The molecule has 0 saturated carbocycles. The van der Waals surface area contributed by atoms with Crippen LogP contribution in [0.3, 0.4) is 0 Å². The minimum atomic E-state index is -0.902. The first kappa shape index (κ1) is 14.7. The monoisotopic (exact) mass is 313 g/mol. The van der Waals surface area contributed by atoms with E-state index < -0.39 is 11.9 Å². The Morgan fingerprint density at radius 1 is 1.44 bits per heavy atom. The van der Waals surface area contributed by atoms with Crippen LogP contribution in [0.4, 0.5) is 0 Å². The van der Waals surface area contributed by atoms with Crippen LogP contribution in [0.25, 0.3) is 0 Å². The zero-order valence-electron chi connectivity index (χ0n) is 10.6. The second-order valence-corrected chi connectivity index (χ2v) is 5.19. The molecule has 1 N–H and O–H groups in total. The summed E-state index contributed by atoms with van der Waals surface area (Å²) in [5, 5.41) is 8.84. The Hall–Kier alpha value is -1.36. The first-order valence-corrected chi connectivity index (χ1v) is 6.37. The fraction of sp³-hybridized carbons (Fsp3) is 0.385. The van der Waals surface area contributed by atoms with E-state index in [9.17, 15) is 9.59 Å². The van der Waals surface area contributed by atoms with Gasteiger partial charge in [0.05, 0.1) is 5.92 Å². The van der Waals surface area contributed by atoms with E-state index in [1.54, 1.807) is 26.1 Å².